The molecule has 0 spiro atoms. The van der Waals surface area contributed by atoms with Gasteiger partial charge in [0.15, 0.2) is 0 Å². The van der Waals surface area contributed by atoms with Crippen molar-refractivity contribution in [1.82, 2.24) is 10.3 Å². The van der Waals surface area contributed by atoms with Crippen LogP contribution >= 0.6 is 11.6 Å². The SMILES string of the molecule is Cc1ccc(N2CC(C(=O)NCc3ccncc3)CC2=O)cc1Cl. The molecule has 2 amide bonds. The average molecular weight is 344 g/mol. The Balaban J connectivity index is 1.63. The summed E-state index contributed by atoms with van der Waals surface area (Å²) in [5, 5.41) is 3.50. The lowest BCUT2D eigenvalue weighted by molar-refractivity contribution is -0.126. The Morgan fingerprint density at radius 2 is 2.08 bits per heavy atom. The molecule has 3 rings (SSSR count). The summed E-state index contributed by atoms with van der Waals surface area (Å²) in [5.41, 5.74) is 2.67. The molecule has 5 nitrogen and oxygen atoms in total. The molecule has 2 heterocycles. The molecular formula is C18H18ClN3O2. The van der Waals surface area contributed by atoms with E-state index in [2.05, 4.69) is 10.3 Å². The van der Waals surface area contributed by atoms with Crippen LogP contribution in [0.5, 0.6) is 0 Å². The molecule has 1 N–H and O–H groups in total. The van der Waals surface area contributed by atoms with Crippen LogP contribution in [0.4, 0.5) is 5.69 Å². The molecule has 1 fully saturated rings. The highest BCUT2D eigenvalue weighted by atomic mass is 35.5. The Bertz CT molecular complexity index is 764. The first kappa shape index (κ1) is 16.5. The molecule has 1 unspecified atom stereocenters. The summed E-state index contributed by atoms with van der Waals surface area (Å²) in [5.74, 6) is -0.515. The third kappa shape index (κ3) is 3.57. The van der Waals surface area contributed by atoms with Gasteiger partial charge in [0.1, 0.15) is 0 Å². The lowest BCUT2D eigenvalue weighted by Gasteiger charge is -2.17. The number of halogens is 1. The van der Waals surface area contributed by atoms with Gasteiger partial charge in [-0.15, -0.1) is 0 Å². The lowest BCUT2D eigenvalue weighted by Crippen LogP contribution is -2.32. The highest BCUT2D eigenvalue weighted by molar-refractivity contribution is 6.31. The van der Waals surface area contributed by atoms with E-state index in [1.54, 1.807) is 23.4 Å². The minimum absolute atomic E-state index is 0.0565. The van der Waals surface area contributed by atoms with Crippen LogP contribution in [-0.4, -0.2) is 23.3 Å². The molecule has 2 aromatic rings. The smallest absolute Gasteiger partial charge is 0.227 e. The number of carbonyl (C=O) groups excluding carboxylic acids is 2. The fourth-order valence-corrected chi connectivity index (χ4v) is 2.89. The number of pyridine rings is 1. The number of carbonyl (C=O) groups is 2. The zero-order chi connectivity index (χ0) is 17.1. The van der Waals surface area contributed by atoms with Gasteiger partial charge < -0.3 is 10.2 Å². The standard InChI is InChI=1S/C18H18ClN3O2/c1-12-2-3-15(9-16(12)19)22-11-14(8-17(22)23)18(24)21-10-13-4-6-20-7-5-13/h2-7,9,14H,8,10-11H2,1H3,(H,21,24). The Morgan fingerprint density at radius 3 is 2.79 bits per heavy atom. The van der Waals surface area contributed by atoms with Crippen molar-refractivity contribution in [3.05, 3.63) is 58.9 Å². The van der Waals surface area contributed by atoms with E-state index in [0.717, 1.165) is 16.8 Å². The van der Waals surface area contributed by atoms with Crippen LogP contribution in [0.2, 0.25) is 5.02 Å². The van der Waals surface area contributed by atoms with E-state index in [1.165, 1.54) is 0 Å². The lowest BCUT2D eigenvalue weighted by atomic mass is 10.1. The van der Waals surface area contributed by atoms with Gasteiger partial charge in [-0.05, 0) is 42.3 Å². The number of hydrogen-bond acceptors (Lipinski definition) is 3. The van der Waals surface area contributed by atoms with E-state index >= 15 is 0 Å². The quantitative estimate of drug-likeness (QED) is 0.928. The second kappa shape index (κ2) is 7.01. The molecule has 0 radical (unpaired) electrons. The van der Waals surface area contributed by atoms with E-state index in [0.29, 0.717) is 18.1 Å². The zero-order valence-corrected chi connectivity index (χ0v) is 14.1. The van der Waals surface area contributed by atoms with E-state index in [-0.39, 0.29) is 24.2 Å². The van der Waals surface area contributed by atoms with Crippen molar-refractivity contribution in [2.24, 2.45) is 5.92 Å². The van der Waals surface area contributed by atoms with Crippen molar-refractivity contribution in [2.75, 3.05) is 11.4 Å². The minimum Gasteiger partial charge on any atom is -0.352 e. The molecule has 1 aliphatic heterocycles. The van der Waals surface area contributed by atoms with Crippen LogP contribution < -0.4 is 10.2 Å². The summed E-state index contributed by atoms with van der Waals surface area (Å²) in [6, 6.07) is 9.20. The normalized spacial score (nSPS) is 17.2. The van der Waals surface area contributed by atoms with E-state index in [1.807, 2.05) is 31.2 Å². The largest absolute Gasteiger partial charge is 0.352 e. The van der Waals surface area contributed by atoms with Gasteiger partial charge in [0.25, 0.3) is 0 Å². The summed E-state index contributed by atoms with van der Waals surface area (Å²) in [4.78, 5) is 30.2. The van der Waals surface area contributed by atoms with Crippen LogP contribution in [0, 0.1) is 12.8 Å². The molecular weight excluding hydrogens is 326 g/mol. The predicted octanol–water partition coefficient (Wildman–Crippen LogP) is 2.71. The molecule has 1 saturated heterocycles. The molecule has 0 bridgehead atoms. The van der Waals surface area contributed by atoms with Crippen molar-refractivity contribution in [2.45, 2.75) is 19.9 Å². The maximum atomic E-state index is 12.3. The van der Waals surface area contributed by atoms with Crippen LogP contribution in [-0.2, 0) is 16.1 Å². The van der Waals surface area contributed by atoms with Gasteiger partial charge in [0, 0.05) is 42.6 Å². The van der Waals surface area contributed by atoms with Crippen LogP contribution in [0.15, 0.2) is 42.7 Å². The number of benzene rings is 1. The summed E-state index contributed by atoms with van der Waals surface area (Å²) < 4.78 is 0. The predicted molar refractivity (Wildman–Crippen MR) is 92.7 cm³/mol. The average Bonchev–Trinajstić information content (AvgIpc) is 2.98. The maximum Gasteiger partial charge on any atom is 0.227 e. The Labute approximate surface area is 145 Å². The van der Waals surface area contributed by atoms with E-state index in [9.17, 15) is 9.59 Å². The first-order chi connectivity index (χ1) is 11.5. The number of rotatable bonds is 4. The molecule has 1 aliphatic rings. The molecule has 6 heteroatoms. The van der Waals surface area contributed by atoms with Gasteiger partial charge in [-0.3, -0.25) is 14.6 Å². The van der Waals surface area contributed by atoms with Gasteiger partial charge in [0.2, 0.25) is 11.8 Å². The first-order valence-corrected chi connectivity index (χ1v) is 8.15. The molecule has 1 atom stereocenters. The van der Waals surface area contributed by atoms with Gasteiger partial charge in [-0.1, -0.05) is 17.7 Å². The van der Waals surface area contributed by atoms with E-state index in [4.69, 9.17) is 11.6 Å². The fraction of sp³-hybridized carbons (Fsp3) is 0.278. The molecule has 1 aromatic carbocycles. The number of aromatic nitrogens is 1. The van der Waals surface area contributed by atoms with Gasteiger partial charge in [0.05, 0.1) is 5.92 Å². The van der Waals surface area contributed by atoms with Crippen LogP contribution in [0.25, 0.3) is 0 Å². The minimum atomic E-state index is -0.348. The fourth-order valence-electron chi connectivity index (χ4n) is 2.72. The summed E-state index contributed by atoms with van der Waals surface area (Å²) in [6.45, 7) is 2.72. The number of hydrogen-bond donors (Lipinski definition) is 1. The zero-order valence-electron chi connectivity index (χ0n) is 13.3. The summed E-state index contributed by atoms with van der Waals surface area (Å²) in [6.07, 6.45) is 3.58. The van der Waals surface area contributed by atoms with Crippen LogP contribution in [0.3, 0.4) is 0 Å². The second-order valence-electron chi connectivity index (χ2n) is 5.91. The number of nitrogens with one attached hydrogen (secondary N) is 1. The second-order valence-corrected chi connectivity index (χ2v) is 6.32. The Morgan fingerprint density at radius 1 is 1.33 bits per heavy atom. The van der Waals surface area contributed by atoms with Gasteiger partial charge >= 0.3 is 0 Å². The van der Waals surface area contributed by atoms with Crippen molar-refractivity contribution in [1.29, 1.82) is 0 Å². The van der Waals surface area contributed by atoms with Crippen molar-refractivity contribution in [3.63, 3.8) is 0 Å². The number of amides is 2. The molecule has 0 saturated carbocycles. The molecule has 24 heavy (non-hydrogen) atoms. The highest BCUT2D eigenvalue weighted by Gasteiger charge is 2.35. The summed E-state index contributed by atoms with van der Waals surface area (Å²) in [7, 11) is 0. The molecule has 0 aliphatic carbocycles. The Kier molecular flexibility index (Phi) is 4.81. The van der Waals surface area contributed by atoms with Crippen molar-refractivity contribution >= 4 is 29.1 Å². The molecule has 124 valence electrons. The third-order valence-corrected chi connectivity index (χ3v) is 4.59. The van der Waals surface area contributed by atoms with Crippen LogP contribution in [0.1, 0.15) is 17.5 Å². The molecule has 1 aromatic heterocycles. The highest BCUT2D eigenvalue weighted by Crippen LogP contribution is 2.28. The Hall–Kier alpha value is -2.40. The van der Waals surface area contributed by atoms with Crippen molar-refractivity contribution in [3.8, 4) is 0 Å². The maximum absolute atomic E-state index is 12.3. The van der Waals surface area contributed by atoms with Gasteiger partial charge in [-0.2, -0.15) is 0 Å². The number of nitrogens with zero attached hydrogens (tertiary/aromatic N) is 2. The summed E-state index contributed by atoms with van der Waals surface area (Å²) >= 11 is 6.13. The topological polar surface area (TPSA) is 62.3 Å². The van der Waals surface area contributed by atoms with Crippen molar-refractivity contribution < 1.29 is 9.59 Å². The monoisotopic (exact) mass is 343 g/mol. The van der Waals surface area contributed by atoms with E-state index < -0.39 is 0 Å². The number of anilines is 1. The third-order valence-electron chi connectivity index (χ3n) is 4.18. The first-order valence-electron chi connectivity index (χ1n) is 7.77. The van der Waals surface area contributed by atoms with Gasteiger partial charge in [-0.25, -0.2) is 0 Å². The number of aryl methyl sites for hydroxylation is 1.